The monoisotopic (exact) mass is 191 g/mol. The number of methoxy groups -OCH3 is 1. The first kappa shape index (κ1) is 9.19. The number of ketones is 1. The Morgan fingerprint density at radius 3 is 2.93 bits per heavy atom. The summed E-state index contributed by atoms with van der Waals surface area (Å²) in [5, 5.41) is 0. The van der Waals surface area contributed by atoms with E-state index in [1.165, 1.54) is 0 Å². The molecule has 1 heterocycles. The second-order valence-corrected chi connectivity index (χ2v) is 3.58. The lowest BCUT2D eigenvalue weighted by molar-refractivity contribution is 0.0966. The van der Waals surface area contributed by atoms with E-state index in [4.69, 9.17) is 4.74 Å². The Morgan fingerprint density at radius 1 is 1.43 bits per heavy atom. The Kier molecular flexibility index (Phi) is 2.23. The highest BCUT2D eigenvalue weighted by Gasteiger charge is 2.22. The summed E-state index contributed by atoms with van der Waals surface area (Å²) in [6.45, 7) is 1.95. The fraction of sp³-hybridized carbons (Fsp3) is 0.455. The second kappa shape index (κ2) is 3.40. The van der Waals surface area contributed by atoms with Crippen molar-refractivity contribution in [2.75, 3.05) is 7.11 Å². The summed E-state index contributed by atoms with van der Waals surface area (Å²) in [6, 6.07) is 0. The molecule has 0 amide bonds. The lowest BCUT2D eigenvalue weighted by Crippen LogP contribution is -2.14. The van der Waals surface area contributed by atoms with Crippen LogP contribution in [0.25, 0.3) is 0 Å². The average Bonchev–Trinajstić information content (AvgIpc) is 2.18. The van der Waals surface area contributed by atoms with Crippen molar-refractivity contribution in [1.29, 1.82) is 0 Å². The zero-order valence-corrected chi connectivity index (χ0v) is 8.46. The Hall–Kier alpha value is -1.38. The molecule has 3 heteroatoms. The summed E-state index contributed by atoms with van der Waals surface area (Å²) in [5.74, 6) is 0.979. The number of hydrogen-bond donors (Lipinski definition) is 0. The van der Waals surface area contributed by atoms with E-state index in [0.29, 0.717) is 12.1 Å². The zero-order chi connectivity index (χ0) is 10.1. The number of aryl methyl sites for hydroxylation is 1. The predicted molar refractivity (Wildman–Crippen MR) is 52.8 cm³/mol. The van der Waals surface area contributed by atoms with Gasteiger partial charge in [0.15, 0.2) is 5.78 Å². The van der Waals surface area contributed by atoms with Gasteiger partial charge in [0.2, 0.25) is 0 Å². The third-order valence-corrected chi connectivity index (χ3v) is 2.60. The van der Waals surface area contributed by atoms with Crippen LogP contribution in [0.15, 0.2) is 6.20 Å². The fourth-order valence-electron chi connectivity index (χ4n) is 1.94. The van der Waals surface area contributed by atoms with Gasteiger partial charge >= 0.3 is 0 Å². The quantitative estimate of drug-likeness (QED) is 0.680. The molecular formula is C11H13NO2. The highest BCUT2D eigenvalue weighted by molar-refractivity contribution is 5.97. The molecule has 2 rings (SSSR count). The molecular weight excluding hydrogens is 178 g/mol. The van der Waals surface area contributed by atoms with E-state index in [1.54, 1.807) is 13.3 Å². The molecule has 1 aromatic heterocycles. The number of aromatic nitrogens is 1. The van der Waals surface area contributed by atoms with Gasteiger partial charge in [-0.2, -0.15) is 0 Å². The smallest absolute Gasteiger partial charge is 0.181 e. The van der Waals surface area contributed by atoms with Crippen molar-refractivity contribution in [2.45, 2.75) is 26.2 Å². The molecule has 0 saturated heterocycles. The normalized spacial score (nSPS) is 15.1. The Labute approximate surface area is 83.1 Å². The van der Waals surface area contributed by atoms with Crippen molar-refractivity contribution in [3.05, 3.63) is 23.0 Å². The van der Waals surface area contributed by atoms with Crippen LogP contribution < -0.4 is 4.74 Å². The zero-order valence-electron chi connectivity index (χ0n) is 8.46. The topological polar surface area (TPSA) is 39.2 Å². The van der Waals surface area contributed by atoms with Crippen molar-refractivity contribution >= 4 is 5.78 Å². The Morgan fingerprint density at radius 2 is 2.21 bits per heavy atom. The summed E-state index contributed by atoms with van der Waals surface area (Å²) in [6.07, 6.45) is 4.14. The number of fused-ring (bicyclic) bond motifs is 1. The number of Topliss-reactive ketones (excluding diaryl/α,β-unsaturated/α-hetero) is 1. The SMILES string of the molecule is COc1c(C)cnc2c1CCCC2=O. The summed E-state index contributed by atoms with van der Waals surface area (Å²) >= 11 is 0. The van der Waals surface area contributed by atoms with Crippen LogP contribution in [0.5, 0.6) is 5.75 Å². The van der Waals surface area contributed by atoms with Crippen molar-refractivity contribution in [1.82, 2.24) is 4.98 Å². The van der Waals surface area contributed by atoms with Crippen LogP contribution in [0.4, 0.5) is 0 Å². The molecule has 0 aromatic carbocycles. The molecule has 0 N–H and O–H groups in total. The van der Waals surface area contributed by atoms with E-state index < -0.39 is 0 Å². The predicted octanol–water partition coefficient (Wildman–Crippen LogP) is 1.92. The molecule has 0 radical (unpaired) electrons. The lowest BCUT2D eigenvalue weighted by atomic mass is 9.93. The fourth-order valence-corrected chi connectivity index (χ4v) is 1.94. The molecule has 0 spiro atoms. The maximum Gasteiger partial charge on any atom is 0.181 e. The first-order valence-corrected chi connectivity index (χ1v) is 4.79. The number of carbonyl (C=O) groups excluding carboxylic acids is 1. The third kappa shape index (κ3) is 1.29. The number of carbonyl (C=O) groups is 1. The van der Waals surface area contributed by atoms with Crippen LogP contribution in [0.2, 0.25) is 0 Å². The van der Waals surface area contributed by atoms with Crippen molar-refractivity contribution in [2.24, 2.45) is 0 Å². The Bertz CT molecular complexity index is 385. The second-order valence-electron chi connectivity index (χ2n) is 3.58. The molecule has 14 heavy (non-hydrogen) atoms. The van der Waals surface area contributed by atoms with E-state index in [9.17, 15) is 4.79 Å². The van der Waals surface area contributed by atoms with Gasteiger partial charge in [0.1, 0.15) is 11.4 Å². The first-order chi connectivity index (χ1) is 6.74. The summed E-state index contributed by atoms with van der Waals surface area (Å²) in [4.78, 5) is 15.7. The number of hydrogen-bond acceptors (Lipinski definition) is 3. The van der Waals surface area contributed by atoms with Gasteiger partial charge in [0.25, 0.3) is 0 Å². The van der Waals surface area contributed by atoms with E-state index in [-0.39, 0.29) is 5.78 Å². The van der Waals surface area contributed by atoms with Gasteiger partial charge in [-0.3, -0.25) is 9.78 Å². The van der Waals surface area contributed by atoms with Crippen molar-refractivity contribution in [3.8, 4) is 5.75 Å². The summed E-state index contributed by atoms with van der Waals surface area (Å²) in [7, 11) is 1.64. The van der Waals surface area contributed by atoms with E-state index in [1.807, 2.05) is 6.92 Å². The van der Waals surface area contributed by atoms with Gasteiger partial charge in [-0.05, 0) is 19.8 Å². The molecule has 0 unspecified atom stereocenters. The van der Waals surface area contributed by atoms with Crippen LogP contribution in [0.1, 0.15) is 34.5 Å². The minimum atomic E-state index is 0.143. The van der Waals surface area contributed by atoms with Gasteiger partial charge < -0.3 is 4.74 Å². The van der Waals surface area contributed by atoms with Crippen LogP contribution in [-0.2, 0) is 6.42 Å². The molecule has 0 saturated carbocycles. The van der Waals surface area contributed by atoms with Crippen LogP contribution in [-0.4, -0.2) is 17.9 Å². The van der Waals surface area contributed by atoms with Crippen molar-refractivity contribution < 1.29 is 9.53 Å². The number of pyridine rings is 1. The van der Waals surface area contributed by atoms with Gasteiger partial charge in [0.05, 0.1) is 7.11 Å². The molecule has 0 bridgehead atoms. The standard InChI is InChI=1S/C11H13NO2/c1-7-6-12-10-8(11(7)14-2)4-3-5-9(10)13/h6H,3-5H2,1-2H3. The minimum Gasteiger partial charge on any atom is -0.496 e. The maximum absolute atomic E-state index is 11.5. The first-order valence-electron chi connectivity index (χ1n) is 4.79. The van der Waals surface area contributed by atoms with Gasteiger partial charge in [-0.15, -0.1) is 0 Å². The highest BCUT2D eigenvalue weighted by Crippen LogP contribution is 2.30. The maximum atomic E-state index is 11.5. The molecule has 1 aliphatic carbocycles. The molecule has 0 fully saturated rings. The van der Waals surface area contributed by atoms with E-state index in [2.05, 4.69) is 4.98 Å². The average molecular weight is 191 g/mol. The molecule has 1 aliphatic rings. The number of rotatable bonds is 1. The van der Waals surface area contributed by atoms with Crippen LogP contribution >= 0.6 is 0 Å². The molecule has 1 aromatic rings. The number of nitrogens with zero attached hydrogens (tertiary/aromatic N) is 1. The molecule has 0 aliphatic heterocycles. The van der Waals surface area contributed by atoms with E-state index in [0.717, 1.165) is 29.7 Å². The van der Waals surface area contributed by atoms with Gasteiger partial charge in [-0.25, -0.2) is 0 Å². The Balaban J connectivity index is 2.61. The summed E-state index contributed by atoms with van der Waals surface area (Å²) in [5.41, 5.74) is 2.60. The van der Waals surface area contributed by atoms with Gasteiger partial charge in [0, 0.05) is 23.7 Å². The largest absolute Gasteiger partial charge is 0.496 e. The van der Waals surface area contributed by atoms with Gasteiger partial charge in [-0.1, -0.05) is 0 Å². The van der Waals surface area contributed by atoms with E-state index >= 15 is 0 Å². The molecule has 74 valence electrons. The summed E-state index contributed by atoms with van der Waals surface area (Å²) < 4.78 is 5.30. The molecule has 0 atom stereocenters. The lowest BCUT2D eigenvalue weighted by Gasteiger charge is -2.17. The minimum absolute atomic E-state index is 0.143. The number of ether oxygens (including phenoxy) is 1. The van der Waals surface area contributed by atoms with Crippen LogP contribution in [0.3, 0.4) is 0 Å². The van der Waals surface area contributed by atoms with Crippen molar-refractivity contribution in [3.63, 3.8) is 0 Å². The molecule has 3 nitrogen and oxygen atoms in total. The van der Waals surface area contributed by atoms with Crippen LogP contribution in [0, 0.1) is 6.92 Å². The highest BCUT2D eigenvalue weighted by atomic mass is 16.5. The third-order valence-electron chi connectivity index (χ3n) is 2.60.